The lowest BCUT2D eigenvalue weighted by Crippen LogP contribution is -1.96. The maximum atomic E-state index is 12.6. The molecule has 2 nitrogen and oxygen atoms in total. The third-order valence-corrected chi connectivity index (χ3v) is 7.00. The smallest absolute Gasteiger partial charge is 0.209 e. The standard InChI is InChI=1S/C14H7BrO2S2/c15-8-5-6-9-11(7-8)18-13-10-3-1-2-4-12(10)19(16,17)14(9)13/h1-7H. The molecule has 1 aliphatic heterocycles. The molecule has 0 spiro atoms. The van der Waals surface area contributed by atoms with Crippen LogP contribution in [0, 0.1) is 0 Å². The zero-order valence-electron chi connectivity index (χ0n) is 9.55. The number of hydrogen-bond donors (Lipinski definition) is 0. The van der Waals surface area contributed by atoms with E-state index in [-0.39, 0.29) is 0 Å². The molecule has 0 N–H and O–H groups in total. The van der Waals surface area contributed by atoms with E-state index in [1.54, 1.807) is 12.1 Å². The van der Waals surface area contributed by atoms with E-state index in [0.29, 0.717) is 9.79 Å². The SMILES string of the molecule is O=S1(=O)c2ccccc2-c2sc3cc(Br)ccc3c21. The van der Waals surface area contributed by atoms with Crippen molar-refractivity contribution in [1.29, 1.82) is 0 Å². The Bertz CT molecular complexity index is 939. The van der Waals surface area contributed by atoms with Crippen LogP contribution in [0.3, 0.4) is 0 Å². The molecule has 2 aromatic carbocycles. The molecule has 5 heteroatoms. The van der Waals surface area contributed by atoms with Gasteiger partial charge in [0.2, 0.25) is 9.84 Å². The van der Waals surface area contributed by atoms with E-state index in [9.17, 15) is 8.42 Å². The molecular formula is C14H7BrO2S2. The van der Waals surface area contributed by atoms with Gasteiger partial charge in [-0.25, -0.2) is 8.42 Å². The van der Waals surface area contributed by atoms with Crippen molar-refractivity contribution in [3.63, 3.8) is 0 Å². The number of fused-ring (bicyclic) bond motifs is 5. The summed E-state index contributed by atoms with van der Waals surface area (Å²) in [4.78, 5) is 1.77. The Morgan fingerprint density at radius 2 is 1.84 bits per heavy atom. The summed E-state index contributed by atoms with van der Waals surface area (Å²) in [6.07, 6.45) is 0. The highest BCUT2D eigenvalue weighted by atomic mass is 79.9. The predicted octanol–water partition coefficient (Wildman–Crippen LogP) is 4.48. The van der Waals surface area contributed by atoms with Crippen LogP contribution in [0.4, 0.5) is 0 Å². The van der Waals surface area contributed by atoms with E-state index in [1.165, 1.54) is 11.3 Å². The monoisotopic (exact) mass is 350 g/mol. The maximum Gasteiger partial charge on any atom is 0.209 e. The van der Waals surface area contributed by atoms with Crippen molar-refractivity contribution in [2.45, 2.75) is 9.79 Å². The van der Waals surface area contributed by atoms with Crippen LogP contribution in [-0.4, -0.2) is 8.42 Å². The minimum absolute atomic E-state index is 0.432. The zero-order valence-corrected chi connectivity index (χ0v) is 12.8. The molecule has 3 aromatic rings. The Morgan fingerprint density at radius 1 is 1.05 bits per heavy atom. The third-order valence-electron chi connectivity index (χ3n) is 3.30. The van der Waals surface area contributed by atoms with E-state index in [1.807, 2.05) is 30.3 Å². The third kappa shape index (κ3) is 1.43. The van der Waals surface area contributed by atoms with Gasteiger partial charge in [0.15, 0.2) is 0 Å². The summed E-state index contributed by atoms with van der Waals surface area (Å²) < 4.78 is 27.2. The van der Waals surface area contributed by atoms with E-state index >= 15 is 0 Å². The van der Waals surface area contributed by atoms with Crippen LogP contribution in [0.15, 0.2) is 56.7 Å². The number of hydrogen-bond acceptors (Lipinski definition) is 3. The van der Waals surface area contributed by atoms with Crippen molar-refractivity contribution in [3.8, 4) is 10.4 Å². The van der Waals surface area contributed by atoms with Gasteiger partial charge in [0, 0.05) is 20.1 Å². The number of sulfone groups is 1. The number of benzene rings is 2. The van der Waals surface area contributed by atoms with Gasteiger partial charge in [0.05, 0.1) is 14.7 Å². The van der Waals surface area contributed by atoms with Crippen molar-refractivity contribution in [3.05, 3.63) is 46.9 Å². The molecule has 1 aliphatic rings. The topological polar surface area (TPSA) is 34.1 Å². The summed E-state index contributed by atoms with van der Waals surface area (Å²) in [6.45, 7) is 0. The Labute approximate surface area is 122 Å². The highest BCUT2D eigenvalue weighted by Gasteiger charge is 2.36. The molecule has 0 aliphatic carbocycles. The molecule has 0 saturated carbocycles. The summed E-state index contributed by atoms with van der Waals surface area (Å²) in [5.74, 6) is 0. The number of thiophene rings is 1. The van der Waals surface area contributed by atoms with Crippen LogP contribution in [0.25, 0.3) is 20.5 Å². The van der Waals surface area contributed by atoms with Gasteiger partial charge in [-0.15, -0.1) is 11.3 Å². The van der Waals surface area contributed by atoms with Crippen molar-refractivity contribution in [2.75, 3.05) is 0 Å². The normalized spacial score (nSPS) is 15.4. The van der Waals surface area contributed by atoms with E-state index < -0.39 is 9.84 Å². The van der Waals surface area contributed by atoms with Gasteiger partial charge in [-0.05, 0) is 18.2 Å². The fourth-order valence-electron chi connectivity index (χ4n) is 2.49. The highest BCUT2D eigenvalue weighted by Crippen LogP contribution is 2.51. The molecule has 0 unspecified atom stereocenters. The van der Waals surface area contributed by atoms with Gasteiger partial charge in [0.1, 0.15) is 0 Å². The van der Waals surface area contributed by atoms with Crippen molar-refractivity contribution >= 4 is 47.2 Å². The molecule has 0 saturated heterocycles. The summed E-state index contributed by atoms with van der Waals surface area (Å²) >= 11 is 4.96. The average molecular weight is 351 g/mol. The maximum absolute atomic E-state index is 12.6. The summed E-state index contributed by atoms with van der Waals surface area (Å²) in [5.41, 5.74) is 0.829. The van der Waals surface area contributed by atoms with Gasteiger partial charge in [0.25, 0.3) is 0 Å². The lowest BCUT2D eigenvalue weighted by Gasteiger charge is -1.99. The fraction of sp³-hybridized carbons (Fsp3) is 0. The minimum Gasteiger partial charge on any atom is -0.218 e. The molecule has 0 bridgehead atoms. The lowest BCUT2D eigenvalue weighted by molar-refractivity contribution is 0.599. The Balaban J connectivity index is 2.24. The van der Waals surface area contributed by atoms with Gasteiger partial charge in [-0.1, -0.05) is 40.2 Å². The fourth-order valence-corrected chi connectivity index (χ4v) is 6.52. The molecule has 0 fully saturated rings. The first-order valence-electron chi connectivity index (χ1n) is 5.65. The van der Waals surface area contributed by atoms with Crippen molar-refractivity contribution < 1.29 is 8.42 Å². The molecule has 0 amide bonds. The molecule has 94 valence electrons. The number of halogens is 1. The summed E-state index contributed by atoms with van der Waals surface area (Å²) in [6, 6.07) is 12.9. The van der Waals surface area contributed by atoms with Crippen LogP contribution in [-0.2, 0) is 9.84 Å². The zero-order chi connectivity index (χ0) is 13.2. The second-order valence-electron chi connectivity index (χ2n) is 4.40. The molecule has 4 rings (SSSR count). The lowest BCUT2D eigenvalue weighted by atomic mass is 10.1. The first-order valence-corrected chi connectivity index (χ1v) is 8.75. The molecule has 1 aromatic heterocycles. The van der Waals surface area contributed by atoms with Gasteiger partial charge in [-0.2, -0.15) is 0 Å². The Morgan fingerprint density at radius 3 is 2.68 bits per heavy atom. The first kappa shape index (κ1) is 11.6. The molecular weight excluding hydrogens is 344 g/mol. The van der Waals surface area contributed by atoms with E-state index in [0.717, 1.165) is 25.0 Å². The second-order valence-corrected chi connectivity index (χ2v) is 8.22. The second kappa shape index (κ2) is 3.69. The van der Waals surface area contributed by atoms with Gasteiger partial charge < -0.3 is 0 Å². The minimum atomic E-state index is -3.37. The largest absolute Gasteiger partial charge is 0.218 e. The van der Waals surface area contributed by atoms with E-state index in [2.05, 4.69) is 15.9 Å². The van der Waals surface area contributed by atoms with Crippen LogP contribution < -0.4 is 0 Å². The first-order chi connectivity index (χ1) is 9.09. The molecule has 0 atom stereocenters. The van der Waals surface area contributed by atoms with Crippen LogP contribution in [0.2, 0.25) is 0 Å². The van der Waals surface area contributed by atoms with E-state index in [4.69, 9.17) is 0 Å². The van der Waals surface area contributed by atoms with Gasteiger partial charge >= 0.3 is 0 Å². The van der Waals surface area contributed by atoms with Crippen molar-refractivity contribution in [2.24, 2.45) is 0 Å². The molecule has 0 radical (unpaired) electrons. The molecule has 2 heterocycles. The quantitative estimate of drug-likeness (QED) is 0.468. The molecule has 19 heavy (non-hydrogen) atoms. The Kier molecular flexibility index (Phi) is 2.26. The highest BCUT2D eigenvalue weighted by molar-refractivity contribution is 9.10. The van der Waals surface area contributed by atoms with Gasteiger partial charge in [-0.3, -0.25) is 0 Å². The number of rotatable bonds is 0. The van der Waals surface area contributed by atoms with Crippen molar-refractivity contribution in [1.82, 2.24) is 0 Å². The summed E-state index contributed by atoms with van der Waals surface area (Å²) in [7, 11) is -3.37. The summed E-state index contributed by atoms with van der Waals surface area (Å²) in [5, 5.41) is 0.819. The Hall–Kier alpha value is -1.17. The van der Waals surface area contributed by atoms with Crippen LogP contribution in [0.5, 0.6) is 0 Å². The predicted molar refractivity (Wildman–Crippen MR) is 80.4 cm³/mol. The van der Waals surface area contributed by atoms with Crippen LogP contribution >= 0.6 is 27.3 Å². The average Bonchev–Trinajstić information content (AvgIpc) is 2.86. The van der Waals surface area contributed by atoms with Crippen LogP contribution in [0.1, 0.15) is 0 Å².